The van der Waals surface area contributed by atoms with Gasteiger partial charge in [0.25, 0.3) is 0 Å². The van der Waals surface area contributed by atoms with Gasteiger partial charge in [-0.05, 0) is 26.0 Å². The maximum absolute atomic E-state index is 5.77. The zero-order valence-electron chi connectivity index (χ0n) is 10.6. The molecule has 1 aromatic carbocycles. The minimum absolute atomic E-state index is 0.181. The maximum atomic E-state index is 5.77. The molecule has 4 nitrogen and oxygen atoms in total. The number of nitrogens with one attached hydrogen (secondary N) is 2. The third kappa shape index (κ3) is 2.82. The van der Waals surface area contributed by atoms with Gasteiger partial charge in [-0.2, -0.15) is 0 Å². The van der Waals surface area contributed by atoms with E-state index < -0.39 is 0 Å². The molecule has 1 aliphatic rings. The predicted octanol–water partition coefficient (Wildman–Crippen LogP) is 2.33. The number of benzene rings is 1. The third-order valence-corrected chi connectivity index (χ3v) is 2.64. The quantitative estimate of drug-likeness (QED) is 0.842. The molecule has 94 valence electrons. The zero-order chi connectivity index (χ0) is 12.3. The van der Waals surface area contributed by atoms with Crippen molar-refractivity contribution in [3.8, 4) is 5.75 Å². The average molecular weight is 236 g/mol. The summed E-state index contributed by atoms with van der Waals surface area (Å²) in [5.74, 6) is 0.904. The number of methoxy groups -OCH3 is 1. The van der Waals surface area contributed by atoms with E-state index in [0.717, 1.165) is 23.7 Å². The van der Waals surface area contributed by atoms with Crippen molar-refractivity contribution < 1.29 is 9.47 Å². The van der Waals surface area contributed by atoms with Crippen molar-refractivity contribution in [3.05, 3.63) is 18.2 Å². The van der Waals surface area contributed by atoms with Crippen molar-refractivity contribution in [1.29, 1.82) is 0 Å². The van der Waals surface area contributed by atoms with E-state index in [0.29, 0.717) is 12.6 Å². The fourth-order valence-corrected chi connectivity index (χ4v) is 1.98. The van der Waals surface area contributed by atoms with E-state index in [-0.39, 0.29) is 6.10 Å². The van der Waals surface area contributed by atoms with Crippen LogP contribution in [-0.2, 0) is 4.74 Å². The maximum Gasteiger partial charge on any atom is 0.144 e. The molecule has 0 saturated carbocycles. The SMILES string of the molecule is COCC1CNc2c(cccc2OC(C)C)N1. The summed E-state index contributed by atoms with van der Waals surface area (Å²) in [5, 5.41) is 6.85. The van der Waals surface area contributed by atoms with Crippen LogP contribution < -0.4 is 15.4 Å². The second-order valence-corrected chi connectivity index (χ2v) is 4.52. The van der Waals surface area contributed by atoms with Gasteiger partial charge in [-0.3, -0.25) is 0 Å². The molecule has 0 saturated heterocycles. The Hall–Kier alpha value is -1.42. The fourth-order valence-electron chi connectivity index (χ4n) is 1.98. The molecule has 0 spiro atoms. The fraction of sp³-hybridized carbons (Fsp3) is 0.538. The van der Waals surface area contributed by atoms with Crippen LogP contribution in [0.2, 0.25) is 0 Å². The molecule has 1 atom stereocenters. The van der Waals surface area contributed by atoms with Crippen molar-refractivity contribution in [2.24, 2.45) is 0 Å². The van der Waals surface area contributed by atoms with Crippen LogP contribution in [0.3, 0.4) is 0 Å². The largest absolute Gasteiger partial charge is 0.489 e. The van der Waals surface area contributed by atoms with E-state index in [1.165, 1.54) is 0 Å². The van der Waals surface area contributed by atoms with Gasteiger partial charge in [0.2, 0.25) is 0 Å². The van der Waals surface area contributed by atoms with Gasteiger partial charge in [-0.15, -0.1) is 0 Å². The molecule has 0 aliphatic carbocycles. The minimum atomic E-state index is 0.181. The average Bonchev–Trinajstić information content (AvgIpc) is 2.29. The molecule has 2 N–H and O–H groups in total. The number of rotatable bonds is 4. The topological polar surface area (TPSA) is 42.5 Å². The molecule has 17 heavy (non-hydrogen) atoms. The van der Waals surface area contributed by atoms with Gasteiger partial charge in [-0.25, -0.2) is 0 Å². The van der Waals surface area contributed by atoms with Crippen LogP contribution in [0.5, 0.6) is 5.75 Å². The first-order valence-electron chi connectivity index (χ1n) is 5.99. The molecule has 2 rings (SSSR count). The van der Waals surface area contributed by atoms with Crippen molar-refractivity contribution in [2.75, 3.05) is 30.9 Å². The molecule has 1 heterocycles. The summed E-state index contributed by atoms with van der Waals surface area (Å²) in [7, 11) is 1.72. The Morgan fingerprint density at radius 2 is 2.24 bits per heavy atom. The summed E-state index contributed by atoms with van der Waals surface area (Å²) in [6.07, 6.45) is 0.181. The lowest BCUT2D eigenvalue weighted by atomic mass is 10.1. The van der Waals surface area contributed by atoms with Crippen molar-refractivity contribution in [1.82, 2.24) is 0 Å². The Labute approximate surface area is 102 Å². The van der Waals surface area contributed by atoms with Crippen LogP contribution in [0.4, 0.5) is 11.4 Å². The minimum Gasteiger partial charge on any atom is -0.489 e. The molecule has 0 radical (unpaired) electrons. The smallest absolute Gasteiger partial charge is 0.144 e. The van der Waals surface area contributed by atoms with Crippen molar-refractivity contribution in [3.63, 3.8) is 0 Å². The third-order valence-electron chi connectivity index (χ3n) is 2.64. The number of hydrogen-bond acceptors (Lipinski definition) is 4. The molecule has 0 fully saturated rings. The monoisotopic (exact) mass is 236 g/mol. The summed E-state index contributed by atoms with van der Waals surface area (Å²) in [4.78, 5) is 0. The number of anilines is 2. The summed E-state index contributed by atoms with van der Waals surface area (Å²) >= 11 is 0. The van der Waals surface area contributed by atoms with E-state index in [4.69, 9.17) is 9.47 Å². The van der Waals surface area contributed by atoms with Crippen LogP contribution in [0.1, 0.15) is 13.8 Å². The second-order valence-electron chi connectivity index (χ2n) is 4.52. The van der Waals surface area contributed by atoms with Gasteiger partial charge in [-0.1, -0.05) is 6.07 Å². The van der Waals surface area contributed by atoms with Gasteiger partial charge in [0, 0.05) is 13.7 Å². The molecule has 0 amide bonds. The van der Waals surface area contributed by atoms with Crippen LogP contribution in [0.15, 0.2) is 18.2 Å². The van der Waals surface area contributed by atoms with Crippen LogP contribution in [0.25, 0.3) is 0 Å². The van der Waals surface area contributed by atoms with Crippen molar-refractivity contribution in [2.45, 2.75) is 26.0 Å². The summed E-state index contributed by atoms with van der Waals surface area (Å²) in [6, 6.07) is 6.35. The molecule has 4 heteroatoms. The van der Waals surface area contributed by atoms with Gasteiger partial charge in [0.1, 0.15) is 11.4 Å². The number of hydrogen-bond donors (Lipinski definition) is 2. The highest BCUT2D eigenvalue weighted by Crippen LogP contribution is 2.35. The Bertz CT molecular complexity index is 380. The molecular formula is C13H20N2O2. The van der Waals surface area contributed by atoms with Gasteiger partial charge < -0.3 is 20.1 Å². The highest BCUT2D eigenvalue weighted by molar-refractivity contribution is 5.77. The van der Waals surface area contributed by atoms with Crippen molar-refractivity contribution >= 4 is 11.4 Å². The Balaban J connectivity index is 2.17. The van der Waals surface area contributed by atoms with E-state index in [9.17, 15) is 0 Å². The second kappa shape index (κ2) is 5.27. The Kier molecular flexibility index (Phi) is 3.74. The van der Waals surface area contributed by atoms with Gasteiger partial charge >= 0.3 is 0 Å². The van der Waals surface area contributed by atoms with E-state index in [2.05, 4.69) is 16.7 Å². The number of ether oxygens (including phenoxy) is 2. The Morgan fingerprint density at radius 3 is 2.94 bits per heavy atom. The summed E-state index contributed by atoms with van der Waals surface area (Å²) < 4.78 is 10.9. The highest BCUT2D eigenvalue weighted by Gasteiger charge is 2.20. The summed E-state index contributed by atoms with van der Waals surface area (Å²) in [6.45, 7) is 5.60. The van der Waals surface area contributed by atoms with E-state index in [1.54, 1.807) is 7.11 Å². The standard InChI is InChI=1S/C13H20N2O2/c1-9(2)17-12-6-4-5-11-13(12)14-7-10(15-11)8-16-3/h4-6,9-10,14-15H,7-8H2,1-3H3. The predicted molar refractivity (Wildman–Crippen MR) is 70.0 cm³/mol. The number of para-hydroxylation sites is 1. The Morgan fingerprint density at radius 1 is 1.41 bits per heavy atom. The lowest BCUT2D eigenvalue weighted by Gasteiger charge is -2.29. The molecule has 1 aliphatic heterocycles. The molecule has 0 bridgehead atoms. The molecule has 1 unspecified atom stereocenters. The first-order valence-corrected chi connectivity index (χ1v) is 5.99. The normalized spacial score (nSPS) is 18.2. The first kappa shape index (κ1) is 12.0. The number of fused-ring (bicyclic) bond motifs is 1. The molecule has 0 aromatic heterocycles. The van der Waals surface area contributed by atoms with E-state index >= 15 is 0 Å². The molecule has 1 aromatic rings. The van der Waals surface area contributed by atoms with Crippen LogP contribution >= 0.6 is 0 Å². The molecular weight excluding hydrogens is 216 g/mol. The van der Waals surface area contributed by atoms with Gasteiger partial charge in [0.15, 0.2) is 0 Å². The lowest BCUT2D eigenvalue weighted by molar-refractivity contribution is 0.188. The first-order chi connectivity index (χ1) is 8.20. The van der Waals surface area contributed by atoms with Gasteiger partial charge in [0.05, 0.1) is 24.4 Å². The van der Waals surface area contributed by atoms with Crippen LogP contribution in [0, 0.1) is 0 Å². The van der Waals surface area contributed by atoms with Crippen LogP contribution in [-0.4, -0.2) is 32.4 Å². The highest BCUT2D eigenvalue weighted by atomic mass is 16.5. The lowest BCUT2D eigenvalue weighted by Crippen LogP contribution is -2.36. The van der Waals surface area contributed by atoms with E-state index in [1.807, 2.05) is 26.0 Å². The zero-order valence-corrected chi connectivity index (χ0v) is 10.6. The summed E-state index contributed by atoms with van der Waals surface area (Å²) in [5.41, 5.74) is 2.13.